The summed E-state index contributed by atoms with van der Waals surface area (Å²) in [6.07, 6.45) is 8.98. The molecule has 0 atom stereocenters. The summed E-state index contributed by atoms with van der Waals surface area (Å²) in [5, 5.41) is 0. The van der Waals surface area contributed by atoms with Crippen molar-refractivity contribution in [2.24, 2.45) is 0 Å². The van der Waals surface area contributed by atoms with Gasteiger partial charge in [0, 0.05) is 6.42 Å². The molecule has 12 heavy (non-hydrogen) atoms. The summed E-state index contributed by atoms with van der Waals surface area (Å²) in [6.45, 7) is 5.33. The summed E-state index contributed by atoms with van der Waals surface area (Å²) in [5.74, 6) is 1.01. The summed E-state index contributed by atoms with van der Waals surface area (Å²) >= 11 is 0. The summed E-state index contributed by atoms with van der Waals surface area (Å²) in [5.41, 5.74) is 0. The van der Waals surface area contributed by atoms with Crippen molar-refractivity contribution in [3.05, 3.63) is 18.4 Å². The lowest BCUT2D eigenvalue weighted by Crippen LogP contribution is -2.33. The molecule has 0 bridgehead atoms. The van der Waals surface area contributed by atoms with Crippen LogP contribution in [0.25, 0.3) is 0 Å². The molecule has 0 saturated carbocycles. The lowest BCUT2D eigenvalue weighted by Gasteiger charge is -1.94. The van der Waals surface area contributed by atoms with Gasteiger partial charge >= 0.3 is 5.89 Å². The molecule has 0 aliphatic carbocycles. The Hall–Kier alpha value is -0.790. The predicted octanol–water partition coefficient (Wildman–Crippen LogP) is 2.46. The molecule has 68 valence electrons. The van der Waals surface area contributed by atoms with E-state index in [2.05, 4.69) is 11.5 Å². The minimum atomic E-state index is 1.01. The Morgan fingerprint density at radius 3 is 2.75 bits per heavy atom. The Bertz CT molecular complexity index is 217. The first-order valence-corrected chi connectivity index (χ1v) is 4.78. The Morgan fingerprint density at radius 1 is 1.33 bits per heavy atom. The maximum atomic E-state index is 5.18. The molecule has 0 unspecified atom stereocenters. The van der Waals surface area contributed by atoms with Gasteiger partial charge in [0.15, 0.2) is 12.8 Å². The van der Waals surface area contributed by atoms with Gasteiger partial charge in [-0.1, -0.05) is 19.8 Å². The highest BCUT2D eigenvalue weighted by Gasteiger charge is 2.06. The van der Waals surface area contributed by atoms with Gasteiger partial charge < -0.3 is 4.42 Å². The first-order valence-electron chi connectivity index (χ1n) is 4.78. The SMILES string of the molecule is CCCCCC[n+]1ccoc1C. The minimum absolute atomic E-state index is 1.01. The maximum Gasteiger partial charge on any atom is 0.343 e. The second-order valence-electron chi connectivity index (χ2n) is 3.18. The highest BCUT2D eigenvalue weighted by atomic mass is 16.3. The number of aromatic nitrogens is 1. The van der Waals surface area contributed by atoms with Gasteiger partial charge in [0.1, 0.15) is 0 Å². The van der Waals surface area contributed by atoms with E-state index in [4.69, 9.17) is 4.42 Å². The van der Waals surface area contributed by atoms with E-state index < -0.39 is 0 Å². The van der Waals surface area contributed by atoms with Crippen LogP contribution >= 0.6 is 0 Å². The van der Waals surface area contributed by atoms with E-state index >= 15 is 0 Å². The van der Waals surface area contributed by atoms with Crippen molar-refractivity contribution in [2.45, 2.75) is 46.1 Å². The number of hydrogen-bond donors (Lipinski definition) is 0. The molecule has 0 N–H and O–H groups in total. The van der Waals surface area contributed by atoms with E-state index in [0.29, 0.717) is 0 Å². The number of nitrogens with zero attached hydrogens (tertiary/aromatic N) is 1. The molecule has 0 saturated heterocycles. The van der Waals surface area contributed by atoms with Crippen molar-refractivity contribution in [1.29, 1.82) is 0 Å². The molecule has 0 radical (unpaired) electrons. The molecule has 0 spiro atoms. The fourth-order valence-corrected chi connectivity index (χ4v) is 1.32. The van der Waals surface area contributed by atoms with Crippen molar-refractivity contribution in [1.82, 2.24) is 0 Å². The van der Waals surface area contributed by atoms with Gasteiger partial charge in [-0.15, -0.1) is 0 Å². The standard InChI is InChI=1S/C10H18NO/c1-3-4-5-6-7-11-8-9-12-10(11)2/h8-9H,3-7H2,1-2H3/q+1. The number of hydrogen-bond acceptors (Lipinski definition) is 1. The first-order chi connectivity index (χ1) is 5.84. The maximum absolute atomic E-state index is 5.18. The summed E-state index contributed by atoms with van der Waals surface area (Å²) in [7, 11) is 0. The van der Waals surface area contributed by atoms with Crippen LogP contribution < -0.4 is 4.57 Å². The van der Waals surface area contributed by atoms with E-state index in [1.807, 2.05) is 13.1 Å². The Balaban J connectivity index is 2.20. The molecular weight excluding hydrogens is 150 g/mol. The van der Waals surface area contributed by atoms with Gasteiger partial charge in [0.2, 0.25) is 6.20 Å². The zero-order chi connectivity index (χ0) is 8.81. The third-order valence-corrected chi connectivity index (χ3v) is 2.14. The molecule has 0 amide bonds. The fraction of sp³-hybridized carbons (Fsp3) is 0.700. The van der Waals surface area contributed by atoms with Gasteiger partial charge in [-0.25, -0.2) is 0 Å². The topological polar surface area (TPSA) is 17.0 Å². The zero-order valence-electron chi connectivity index (χ0n) is 8.05. The van der Waals surface area contributed by atoms with Crippen LogP contribution in [0.4, 0.5) is 0 Å². The normalized spacial score (nSPS) is 10.5. The van der Waals surface area contributed by atoms with Crippen LogP contribution in [0.5, 0.6) is 0 Å². The predicted molar refractivity (Wildman–Crippen MR) is 47.8 cm³/mol. The molecule has 0 aromatic carbocycles. The van der Waals surface area contributed by atoms with Crippen LogP contribution in [0, 0.1) is 6.92 Å². The van der Waals surface area contributed by atoms with Gasteiger partial charge in [-0.05, 0) is 6.42 Å². The lowest BCUT2D eigenvalue weighted by molar-refractivity contribution is -0.706. The Kier molecular flexibility index (Phi) is 3.85. The smallest absolute Gasteiger partial charge is 0.343 e. The van der Waals surface area contributed by atoms with Crippen molar-refractivity contribution in [3.63, 3.8) is 0 Å². The number of oxazole rings is 1. The van der Waals surface area contributed by atoms with E-state index in [0.717, 1.165) is 12.4 Å². The van der Waals surface area contributed by atoms with Gasteiger partial charge in [-0.2, -0.15) is 4.57 Å². The van der Waals surface area contributed by atoms with E-state index in [9.17, 15) is 0 Å². The molecule has 1 aromatic heterocycles. The molecule has 2 nitrogen and oxygen atoms in total. The van der Waals surface area contributed by atoms with E-state index in [-0.39, 0.29) is 0 Å². The van der Waals surface area contributed by atoms with E-state index in [1.54, 1.807) is 6.26 Å². The quantitative estimate of drug-likeness (QED) is 0.487. The molecule has 0 aliphatic heterocycles. The zero-order valence-corrected chi connectivity index (χ0v) is 8.05. The third-order valence-electron chi connectivity index (χ3n) is 2.14. The molecule has 1 rings (SSSR count). The molecule has 0 fully saturated rings. The summed E-state index contributed by atoms with van der Waals surface area (Å²) in [6, 6.07) is 0. The van der Waals surface area contributed by atoms with E-state index in [1.165, 1.54) is 25.7 Å². The van der Waals surface area contributed by atoms with Crippen molar-refractivity contribution >= 4 is 0 Å². The van der Waals surface area contributed by atoms with Crippen LogP contribution in [-0.4, -0.2) is 0 Å². The molecule has 1 aromatic rings. The average molecular weight is 168 g/mol. The number of rotatable bonds is 5. The Labute approximate surface area is 74.2 Å². The van der Waals surface area contributed by atoms with Crippen LogP contribution in [0.3, 0.4) is 0 Å². The largest absolute Gasteiger partial charge is 0.410 e. The average Bonchev–Trinajstić information content (AvgIpc) is 2.46. The highest BCUT2D eigenvalue weighted by molar-refractivity contribution is 4.60. The van der Waals surface area contributed by atoms with Crippen LogP contribution in [-0.2, 0) is 6.54 Å². The van der Waals surface area contributed by atoms with Crippen molar-refractivity contribution in [2.75, 3.05) is 0 Å². The van der Waals surface area contributed by atoms with Crippen molar-refractivity contribution in [3.8, 4) is 0 Å². The molecule has 2 heteroatoms. The van der Waals surface area contributed by atoms with Gasteiger partial charge in [0.05, 0.1) is 6.92 Å². The molecule has 0 aliphatic rings. The molecule has 1 heterocycles. The van der Waals surface area contributed by atoms with Gasteiger partial charge in [-0.3, -0.25) is 0 Å². The van der Waals surface area contributed by atoms with Crippen LogP contribution in [0.2, 0.25) is 0 Å². The number of aryl methyl sites for hydroxylation is 2. The highest BCUT2D eigenvalue weighted by Crippen LogP contribution is 1.99. The van der Waals surface area contributed by atoms with Crippen LogP contribution in [0.1, 0.15) is 38.5 Å². The summed E-state index contributed by atoms with van der Waals surface area (Å²) in [4.78, 5) is 0. The lowest BCUT2D eigenvalue weighted by atomic mass is 10.2. The number of unbranched alkanes of at least 4 members (excludes halogenated alkanes) is 3. The first kappa shape index (κ1) is 9.30. The monoisotopic (exact) mass is 168 g/mol. The molecular formula is C10H18NO+. The fourth-order valence-electron chi connectivity index (χ4n) is 1.32. The van der Waals surface area contributed by atoms with Crippen LogP contribution in [0.15, 0.2) is 16.9 Å². The van der Waals surface area contributed by atoms with Crippen molar-refractivity contribution < 1.29 is 8.98 Å². The summed E-state index contributed by atoms with van der Waals surface area (Å²) < 4.78 is 7.35. The Morgan fingerprint density at radius 2 is 2.17 bits per heavy atom. The second-order valence-corrected chi connectivity index (χ2v) is 3.18. The van der Waals surface area contributed by atoms with Gasteiger partial charge in [0.25, 0.3) is 0 Å². The minimum Gasteiger partial charge on any atom is -0.410 e. The second kappa shape index (κ2) is 4.96. The third kappa shape index (κ3) is 2.68.